The zero-order valence-corrected chi connectivity index (χ0v) is 24.2. The maximum atomic E-state index is 13.7. The van der Waals surface area contributed by atoms with Crippen LogP contribution in [0.3, 0.4) is 0 Å². The molecule has 41 heavy (non-hydrogen) atoms. The number of benzene rings is 1. The van der Waals surface area contributed by atoms with Crippen molar-refractivity contribution in [2.75, 3.05) is 19.9 Å². The van der Waals surface area contributed by atoms with Crippen LogP contribution in [0.2, 0.25) is 5.02 Å². The van der Waals surface area contributed by atoms with Gasteiger partial charge in [-0.15, -0.1) is 0 Å². The predicted octanol–water partition coefficient (Wildman–Crippen LogP) is 3.08. The summed E-state index contributed by atoms with van der Waals surface area (Å²) in [5.74, 6) is -2.50. The Hall–Kier alpha value is -3.24. The van der Waals surface area contributed by atoms with Gasteiger partial charge < -0.3 is 25.3 Å². The molecule has 11 heteroatoms. The fraction of sp³-hybridized carbons (Fsp3) is 0.533. The molecule has 1 aliphatic carbocycles. The molecule has 2 aromatic rings. The molecule has 9 nitrogen and oxygen atoms in total. The molecule has 0 saturated heterocycles. The minimum atomic E-state index is -0.832. The number of aromatic nitrogens is 1. The third kappa shape index (κ3) is 7.54. The Labute approximate surface area is 244 Å². The first-order valence-corrected chi connectivity index (χ1v) is 14.6. The van der Waals surface area contributed by atoms with Gasteiger partial charge in [0.2, 0.25) is 17.7 Å². The highest BCUT2D eigenvalue weighted by atomic mass is 35.5. The van der Waals surface area contributed by atoms with Crippen molar-refractivity contribution in [1.29, 1.82) is 0 Å². The smallest absolute Gasteiger partial charge is 0.246 e. The maximum Gasteiger partial charge on any atom is 0.246 e. The molecule has 1 aromatic carbocycles. The fourth-order valence-electron chi connectivity index (χ4n) is 5.67. The van der Waals surface area contributed by atoms with E-state index in [4.69, 9.17) is 16.3 Å². The van der Waals surface area contributed by atoms with E-state index >= 15 is 0 Å². The van der Waals surface area contributed by atoms with Gasteiger partial charge in [0.1, 0.15) is 25.1 Å². The van der Waals surface area contributed by atoms with Crippen LogP contribution in [0, 0.1) is 11.8 Å². The van der Waals surface area contributed by atoms with Crippen LogP contribution in [0.25, 0.3) is 0 Å². The second-order valence-corrected chi connectivity index (χ2v) is 11.3. The Morgan fingerprint density at radius 3 is 2.66 bits per heavy atom. The van der Waals surface area contributed by atoms with Crippen molar-refractivity contribution >= 4 is 35.1 Å². The normalized spacial score (nSPS) is 21.3. The molecular formula is C30H38ClFN4O5. The topological polar surface area (TPSA) is 119 Å². The largest absolute Gasteiger partial charge is 0.369 e. The number of rotatable bonds is 12. The fourth-order valence-corrected chi connectivity index (χ4v) is 5.80. The summed E-state index contributed by atoms with van der Waals surface area (Å²) >= 11 is 5.95. The molecule has 2 aliphatic rings. The molecule has 5 atom stereocenters. The van der Waals surface area contributed by atoms with E-state index in [1.807, 2.05) is 42.8 Å². The average Bonchev–Trinajstić information content (AvgIpc) is 3.29. The van der Waals surface area contributed by atoms with Gasteiger partial charge in [0, 0.05) is 42.5 Å². The van der Waals surface area contributed by atoms with Crippen molar-refractivity contribution in [3.05, 3.63) is 58.4 Å². The minimum absolute atomic E-state index is 0.0576. The van der Waals surface area contributed by atoms with Crippen LogP contribution in [0.5, 0.6) is 0 Å². The Balaban J connectivity index is 1.46. The lowest BCUT2D eigenvalue weighted by Gasteiger charge is -2.34. The zero-order valence-electron chi connectivity index (χ0n) is 23.5. The number of nitrogens with zero attached hydrogens (tertiary/aromatic N) is 1. The molecule has 0 saturated carbocycles. The molecule has 1 aliphatic heterocycles. The monoisotopic (exact) mass is 588 g/mol. The van der Waals surface area contributed by atoms with E-state index < -0.39 is 36.5 Å². The van der Waals surface area contributed by atoms with Gasteiger partial charge in [-0.3, -0.25) is 19.2 Å². The van der Waals surface area contributed by atoms with Crippen LogP contribution in [0.1, 0.15) is 55.8 Å². The van der Waals surface area contributed by atoms with Gasteiger partial charge in [0.05, 0.1) is 18.4 Å². The summed E-state index contributed by atoms with van der Waals surface area (Å²) in [6, 6.07) is 7.89. The lowest BCUT2D eigenvalue weighted by atomic mass is 9.79. The number of aryl methyl sites for hydroxylation is 1. The van der Waals surface area contributed by atoms with E-state index in [0.29, 0.717) is 37.4 Å². The Morgan fingerprint density at radius 1 is 1.20 bits per heavy atom. The van der Waals surface area contributed by atoms with Crippen LogP contribution in [0.4, 0.5) is 4.39 Å². The van der Waals surface area contributed by atoms with E-state index in [-0.39, 0.29) is 43.2 Å². The molecular weight excluding hydrogens is 551 g/mol. The maximum absolute atomic E-state index is 13.7. The summed E-state index contributed by atoms with van der Waals surface area (Å²) in [5, 5.41) is 9.33. The number of alkyl halides is 1. The summed E-state index contributed by atoms with van der Waals surface area (Å²) in [6.07, 6.45) is 3.85. The third-order valence-electron chi connectivity index (χ3n) is 8.07. The number of halogens is 2. The number of carbonyl (C=O) groups is 4. The summed E-state index contributed by atoms with van der Waals surface area (Å²) in [5.41, 5.74) is 2.80. The van der Waals surface area contributed by atoms with E-state index in [1.165, 1.54) is 0 Å². The van der Waals surface area contributed by atoms with E-state index in [0.717, 1.165) is 16.8 Å². The van der Waals surface area contributed by atoms with E-state index in [2.05, 4.69) is 16.0 Å². The number of ketones is 1. The molecule has 0 bridgehead atoms. The summed E-state index contributed by atoms with van der Waals surface area (Å²) in [6.45, 7) is 3.25. The van der Waals surface area contributed by atoms with Gasteiger partial charge in [-0.1, -0.05) is 44.0 Å². The van der Waals surface area contributed by atoms with E-state index in [9.17, 15) is 23.6 Å². The number of ether oxygens (including phenoxy) is 1. The van der Waals surface area contributed by atoms with Crippen molar-refractivity contribution < 1.29 is 28.3 Å². The Morgan fingerprint density at radius 2 is 1.95 bits per heavy atom. The van der Waals surface area contributed by atoms with Gasteiger partial charge in [0.25, 0.3) is 0 Å². The number of nitrogens with one attached hydrogen (secondary N) is 3. The van der Waals surface area contributed by atoms with Gasteiger partial charge in [-0.2, -0.15) is 0 Å². The second kappa shape index (κ2) is 14.1. The van der Waals surface area contributed by atoms with Crippen molar-refractivity contribution in [2.45, 2.75) is 70.6 Å². The quantitative estimate of drug-likeness (QED) is 0.329. The first-order valence-electron chi connectivity index (χ1n) is 14.2. The molecule has 222 valence electrons. The van der Waals surface area contributed by atoms with Crippen molar-refractivity contribution in [1.82, 2.24) is 20.5 Å². The highest BCUT2D eigenvalue weighted by Crippen LogP contribution is 2.38. The number of amides is 3. The van der Waals surface area contributed by atoms with Crippen LogP contribution < -0.4 is 16.0 Å². The standard InChI is InChI=1S/C30H38ClFN4O5/c1-3-18(2)27(35-25(38)17-41-13-11-32)30(40)34-23-9-6-20-10-12-36-16-21(14-24(37)26(23)28(20)36)29(39)33-15-19-4-7-22(31)8-5-19/h4-5,7-8,10,12,18,21,23,26-27H,3,6,9,11,13-17H2,1-2H3,(H,33,39)(H,34,40)(H,35,38)/t18?,21-,23-,26?,27?/m0/s1. The Kier molecular flexibility index (Phi) is 10.6. The highest BCUT2D eigenvalue weighted by Gasteiger charge is 2.43. The summed E-state index contributed by atoms with van der Waals surface area (Å²) in [4.78, 5) is 52.7. The average molecular weight is 589 g/mol. The minimum Gasteiger partial charge on any atom is -0.369 e. The number of hydrogen-bond donors (Lipinski definition) is 3. The number of Topliss-reactive ketones (excluding diaryl/α,β-unsaturated/α-hetero) is 1. The molecule has 1 aromatic heterocycles. The van der Waals surface area contributed by atoms with Gasteiger partial charge in [0.15, 0.2) is 0 Å². The molecule has 4 rings (SSSR count). The first kappa shape index (κ1) is 30.7. The molecule has 0 radical (unpaired) electrons. The van der Waals surface area contributed by atoms with Crippen molar-refractivity contribution in [3.63, 3.8) is 0 Å². The molecule has 2 heterocycles. The SMILES string of the molecule is CCC(C)C(NC(=O)COCCF)C(=O)N[C@H]1CCc2ccn3c2C1C(=O)C[C@H](C(=O)NCc1ccc(Cl)cc1)C3. The highest BCUT2D eigenvalue weighted by molar-refractivity contribution is 6.30. The lowest BCUT2D eigenvalue weighted by Crippen LogP contribution is -2.55. The van der Waals surface area contributed by atoms with Crippen LogP contribution >= 0.6 is 11.6 Å². The number of hydrogen-bond acceptors (Lipinski definition) is 5. The predicted molar refractivity (Wildman–Crippen MR) is 152 cm³/mol. The van der Waals surface area contributed by atoms with Gasteiger partial charge in [-0.05, 0) is 48.1 Å². The zero-order chi connectivity index (χ0) is 29.5. The first-order chi connectivity index (χ1) is 19.7. The van der Waals surface area contributed by atoms with Crippen LogP contribution in [-0.4, -0.2) is 60.0 Å². The van der Waals surface area contributed by atoms with Gasteiger partial charge in [-0.25, -0.2) is 4.39 Å². The molecule has 3 amide bonds. The lowest BCUT2D eigenvalue weighted by molar-refractivity contribution is -0.133. The van der Waals surface area contributed by atoms with Crippen molar-refractivity contribution in [3.8, 4) is 0 Å². The molecule has 0 spiro atoms. The molecule has 3 N–H and O–H groups in total. The van der Waals surface area contributed by atoms with Crippen LogP contribution in [-0.2, 0) is 43.4 Å². The van der Waals surface area contributed by atoms with E-state index in [1.54, 1.807) is 12.1 Å². The Bertz CT molecular complexity index is 1250. The van der Waals surface area contributed by atoms with Crippen molar-refractivity contribution in [2.24, 2.45) is 11.8 Å². The van der Waals surface area contributed by atoms with Crippen LogP contribution in [0.15, 0.2) is 36.5 Å². The summed E-state index contributed by atoms with van der Waals surface area (Å²) in [7, 11) is 0. The molecule has 3 unspecified atom stereocenters. The second-order valence-electron chi connectivity index (χ2n) is 10.9. The number of carbonyl (C=O) groups excluding carboxylic acids is 4. The molecule has 0 fully saturated rings. The third-order valence-corrected chi connectivity index (χ3v) is 8.32. The van der Waals surface area contributed by atoms with Gasteiger partial charge >= 0.3 is 0 Å². The summed E-state index contributed by atoms with van der Waals surface area (Å²) < 4.78 is 19.3.